The first-order valence-electron chi connectivity index (χ1n) is 6.51. The fourth-order valence-electron chi connectivity index (χ4n) is 3.67. The Balaban J connectivity index is 2.74. The van der Waals surface area contributed by atoms with Crippen molar-refractivity contribution in [3.63, 3.8) is 0 Å². The van der Waals surface area contributed by atoms with Gasteiger partial charge in [0.25, 0.3) is 0 Å². The lowest BCUT2D eigenvalue weighted by molar-refractivity contribution is -0.0963. The molecule has 0 aliphatic heterocycles. The van der Waals surface area contributed by atoms with E-state index < -0.39 is 5.60 Å². The van der Waals surface area contributed by atoms with E-state index in [1.165, 1.54) is 12.8 Å². The van der Waals surface area contributed by atoms with Gasteiger partial charge in [0, 0.05) is 0 Å². The molecule has 1 N–H and O–H groups in total. The zero-order valence-electron chi connectivity index (χ0n) is 11.1. The van der Waals surface area contributed by atoms with E-state index in [1.807, 2.05) is 0 Å². The summed E-state index contributed by atoms with van der Waals surface area (Å²) in [5.74, 6) is 1.11. The Hall–Kier alpha value is -0.0400. The van der Waals surface area contributed by atoms with Crippen LogP contribution in [0, 0.1) is 17.3 Å². The van der Waals surface area contributed by atoms with Gasteiger partial charge in [-0.1, -0.05) is 41.0 Å². The Bertz CT molecular complexity index is 209. The maximum absolute atomic E-state index is 10.8. The quantitative estimate of drug-likeness (QED) is 0.749. The lowest BCUT2D eigenvalue weighted by atomic mass is 9.62. The van der Waals surface area contributed by atoms with Gasteiger partial charge in [0.05, 0.1) is 5.60 Å². The average Bonchev–Trinajstić information content (AvgIpc) is 1.99. The highest BCUT2D eigenvalue weighted by Crippen LogP contribution is 2.47. The van der Waals surface area contributed by atoms with Gasteiger partial charge in [-0.3, -0.25) is 0 Å². The highest BCUT2D eigenvalue weighted by molar-refractivity contribution is 4.95. The molecule has 0 aromatic heterocycles. The van der Waals surface area contributed by atoms with E-state index in [2.05, 4.69) is 34.6 Å². The Morgan fingerprint density at radius 1 is 1.33 bits per heavy atom. The average molecular weight is 212 g/mol. The minimum atomic E-state index is -0.406. The second-order valence-electron chi connectivity index (χ2n) is 6.65. The summed E-state index contributed by atoms with van der Waals surface area (Å²) in [7, 11) is 0. The third-order valence-corrected chi connectivity index (χ3v) is 4.03. The van der Waals surface area contributed by atoms with Gasteiger partial charge in [-0.2, -0.15) is 0 Å². The number of rotatable bonds is 3. The predicted octanol–water partition coefficient (Wildman–Crippen LogP) is 4.00. The van der Waals surface area contributed by atoms with Crippen molar-refractivity contribution in [3.05, 3.63) is 0 Å². The van der Waals surface area contributed by atoms with Gasteiger partial charge < -0.3 is 5.11 Å². The van der Waals surface area contributed by atoms with Crippen molar-refractivity contribution < 1.29 is 5.11 Å². The van der Waals surface area contributed by atoms with Gasteiger partial charge in [-0.05, 0) is 42.9 Å². The van der Waals surface area contributed by atoms with E-state index in [0.29, 0.717) is 17.3 Å². The largest absolute Gasteiger partial charge is 0.390 e. The second-order valence-corrected chi connectivity index (χ2v) is 6.65. The van der Waals surface area contributed by atoms with E-state index in [4.69, 9.17) is 0 Å². The van der Waals surface area contributed by atoms with Crippen LogP contribution in [0.15, 0.2) is 0 Å². The van der Waals surface area contributed by atoms with Gasteiger partial charge in [0.15, 0.2) is 0 Å². The standard InChI is InChI=1S/C14H28O/c1-6-7-12(3)14(15)9-11(2)8-13(4,5)10-14/h11-12,15H,6-10H2,1-5H3. The molecule has 1 aliphatic rings. The van der Waals surface area contributed by atoms with Crippen molar-refractivity contribution in [3.8, 4) is 0 Å². The molecule has 0 aromatic carbocycles. The molecule has 0 radical (unpaired) electrons. The van der Waals surface area contributed by atoms with E-state index in [-0.39, 0.29) is 0 Å². The van der Waals surface area contributed by atoms with Crippen LogP contribution in [0.3, 0.4) is 0 Å². The van der Waals surface area contributed by atoms with E-state index in [9.17, 15) is 5.11 Å². The third kappa shape index (κ3) is 3.21. The van der Waals surface area contributed by atoms with E-state index >= 15 is 0 Å². The monoisotopic (exact) mass is 212 g/mol. The molecule has 3 atom stereocenters. The number of hydrogen-bond donors (Lipinski definition) is 1. The minimum Gasteiger partial charge on any atom is -0.390 e. The maximum Gasteiger partial charge on any atom is 0.0680 e. The molecular weight excluding hydrogens is 184 g/mol. The number of hydrogen-bond acceptors (Lipinski definition) is 1. The summed E-state index contributed by atoms with van der Waals surface area (Å²) < 4.78 is 0. The van der Waals surface area contributed by atoms with E-state index in [0.717, 1.165) is 19.3 Å². The van der Waals surface area contributed by atoms with E-state index in [1.54, 1.807) is 0 Å². The molecule has 1 heteroatoms. The maximum atomic E-state index is 10.8. The minimum absolute atomic E-state index is 0.314. The second kappa shape index (κ2) is 4.45. The molecule has 0 spiro atoms. The SMILES string of the molecule is CCCC(C)C1(O)CC(C)CC(C)(C)C1. The summed E-state index contributed by atoms with van der Waals surface area (Å²) in [5.41, 5.74) is -0.0917. The van der Waals surface area contributed by atoms with Crippen LogP contribution in [0.5, 0.6) is 0 Å². The molecule has 1 saturated carbocycles. The first kappa shape index (κ1) is 13.0. The topological polar surface area (TPSA) is 20.2 Å². The van der Waals surface area contributed by atoms with Crippen molar-refractivity contribution in [2.45, 2.75) is 72.3 Å². The molecule has 90 valence electrons. The predicted molar refractivity (Wildman–Crippen MR) is 65.8 cm³/mol. The highest BCUT2D eigenvalue weighted by Gasteiger charge is 2.44. The Morgan fingerprint density at radius 2 is 1.93 bits per heavy atom. The van der Waals surface area contributed by atoms with Crippen molar-refractivity contribution in [1.82, 2.24) is 0 Å². The van der Waals surface area contributed by atoms with Crippen LogP contribution in [0.25, 0.3) is 0 Å². The van der Waals surface area contributed by atoms with Crippen molar-refractivity contribution in [2.75, 3.05) is 0 Å². The molecule has 15 heavy (non-hydrogen) atoms. The van der Waals surface area contributed by atoms with Crippen LogP contribution in [0.2, 0.25) is 0 Å². The van der Waals surface area contributed by atoms with Gasteiger partial charge in [-0.25, -0.2) is 0 Å². The summed E-state index contributed by atoms with van der Waals surface area (Å²) in [6, 6.07) is 0. The highest BCUT2D eigenvalue weighted by atomic mass is 16.3. The summed E-state index contributed by atoms with van der Waals surface area (Å²) in [5, 5.41) is 10.8. The Morgan fingerprint density at radius 3 is 2.40 bits per heavy atom. The van der Waals surface area contributed by atoms with Crippen LogP contribution in [0.1, 0.15) is 66.7 Å². The summed E-state index contributed by atoms with van der Waals surface area (Å²) in [6.07, 6.45) is 5.56. The fraction of sp³-hybridized carbons (Fsp3) is 1.00. The van der Waals surface area contributed by atoms with Crippen LogP contribution in [-0.2, 0) is 0 Å². The molecule has 0 saturated heterocycles. The van der Waals surface area contributed by atoms with Crippen molar-refractivity contribution in [2.24, 2.45) is 17.3 Å². The van der Waals surface area contributed by atoms with Crippen LogP contribution >= 0.6 is 0 Å². The molecule has 1 nitrogen and oxygen atoms in total. The van der Waals surface area contributed by atoms with Crippen LogP contribution < -0.4 is 0 Å². The molecular formula is C14H28O. The number of aliphatic hydroxyl groups is 1. The first-order chi connectivity index (χ1) is 6.79. The van der Waals surface area contributed by atoms with Crippen LogP contribution in [-0.4, -0.2) is 10.7 Å². The summed E-state index contributed by atoms with van der Waals surface area (Å²) in [6.45, 7) is 11.3. The third-order valence-electron chi connectivity index (χ3n) is 4.03. The summed E-state index contributed by atoms with van der Waals surface area (Å²) >= 11 is 0. The van der Waals surface area contributed by atoms with Crippen molar-refractivity contribution in [1.29, 1.82) is 0 Å². The fourth-order valence-corrected chi connectivity index (χ4v) is 3.67. The molecule has 0 aromatic rings. The van der Waals surface area contributed by atoms with Gasteiger partial charge in [-0.15, -0.1) is 0 Å². The molecule has 0 amide bonds. The zero-order valence-corrected chi connectivity index (χ0v) is 11.1. The molecule has 0 heterocycles. The molecule has 0 bridgehead atoms. The molecule has 1 rings (SSSR count). The lowest BCUT2D eigenvalue weighted by Crippen LogP contribution is -2.46. The summed E-state index contributed by atoms with van der Waals surface area (Å²) in [4.78, 5) is 0. The zero-order chi connectivity index (χ0) is 11.7. The van der Waals surface area contributed by atoms with Gasteiger partial charge in [0.2, 0.25) is 0 Å². The normalized spacial score (nSPS) is 37.6. The molecule has 1 fully saturated rings. The molecule has 3 unspecified atom stereocenters. The van der Waals surface area contributed by atoms with Gasteiger partial charge >= 0.3 is 0 Å². The van der Waals surface area contributed by atoms with Crippen molar-refractivity contribution >= 4 is 0 Å². The smallest absolute Gasteiger partial charge is 0.0680 e. The first-order valence-corrected chi connectivity index (χ1v) is 6.51. The molecule has 1 aliphatic carbocycles. The lowest BCUT2D eigenvalue weighted by Gasteiger charge is -2.47. The Labute approximate surface area is 95.3 Å². The van der Waals surface area contributed by atoms with Gasteiger partial charge in [0.1, 0.15) is 0 Å². The van der Waals surface area contributed by atoms with Crippen LogP contribution in [0.4, 0.5) is 0 Å². The Kier molecular flexibility index (Phi) is 3.86.